The van der Waals surface area contributed by atoms with Gasteiger partial charge in [-0.2, -0.15) is 0 Å². The second-order valence-corrected chi connectivity index (χ2v) is 7.59. The van der Waals surface area contributed by atoms with E-state index in [0.29, 0.717) is 0 Å². The highest BCUT2D eigenvalue weighted by Crippen LogP contribution is 2.33. The Hall–Kier alpha value is -0.120. The molecule has 0 spiro atoms. The van der Waals surface area contributed by atoms with Crippen LogP contribution in [0, 0.1) is 11.8 Å². The third-order valence-corrected chi connectivity index (χ3v) is 6.00. The van der Waals surface area contributed by atoms with E-state index >= 15 is 0 Å². The smallest absolute Gasteiger partial charge is 0.0645 e. The predicted octanol–water partition coefficient (Wildman–Crippen LogP) is 2.61. The van der Waals surface area contributed by atoms with Crippen molar-refractivity contribution in [2.45, 2.75) is 64.6 Å². The minimum absolute atomic E-state index is 0.719. The molecule has 1 saturated carbocycles. The molecule has 2 heterocycles. The lowest BCUT2D eigenvalue weighted by Gasteiger charge is -2.49. The van der Waals surface area contributed by atoms with Gasteiger partial charge in [0.25, 0.3) is 0 Å². The zero-order chi connectivity index (χ0) is 14.1. The molecule has 0 amide bonds. The molecule has 2 aliphatic heterocycles. The summed E-state index contributed by atoms with van der Waals surface area (Å²) >= 11 is 0. The van der Waals surface area contributed by atoms with Gasteiger partial charge in [0.2, 0.25) is 0 Å². The van der Waals surface area contributed by atoms with E-state index in [9.17, 15) is 0 Å². The van der Waals surface area contributed by atoms with Crippen molar-refractivity contribution in [3.63, 3.8) is 0 Å². The summed E-state index contributed by atoms with van der Waals surface area (Å²) < 4.78 is 5.35. The Morgan fingerprint density at radius 2 is 1.65 bits per heavy atom. The molecule has 3 fully saturated rings. The van der Waals surface area contributed by atoms with Gasteiger partial charge in [-0.1, -0.05) is 13.8 Å². The van der Waals surface area contributed by atoms with E-state index in [1.54, 1.807) is 0 Å². The molecule has 3 rings (SSSR count). The second-order valence-electron chi connectivity index (χ2n) is 7.59. The van der Waals surface area contributed by atoms with E-state index in [0.717, 1.165) is 43.2 Å². The van der Waals surface area contributed by atoms with Gasteiger partial charge in [-0.15, -0.1) is 0 Å². The summed E-state index contributed by atoms with van der Waals surface area (Å²) in [5, 5.41) is 0. The molecule has 3 heteroatoms. The number of piperazine rings is 1. The van der Waals surface area contributed by atoms with Gasteiger partial charge in [-0.05, 0) is 44.4 Å². The Morgan fingerprint density at radius 1 is 0.950 bits per heavy atom. The van der Waals surface area contributed by atoms with Crippen LogP contribution < -0.4 is 0 Å². The molecule has 1 aliphatic carbocycles. The number of ether oxygens (including phenoxy) is 1. The average molecular weight is 280 g/mol. The molecule has 20 heavy (non-hydrogen) atoms. The Labute approximate surface area is 124 Å². The summed E-state index contributed by atoms with van der Waals surface area (Å²) in [5.41, 5.74) is 0. The summed E-state index contributed by atoms with van der Waals surface area (Å²) in [6, 6.07) is 2.31. The van der Waals surface area contributed by atoms with Gasteiger partial charge in [-0.25, -0.2) is 0 Å². The Bertz CT molecular complexity index is 308. The van der Waals surface area contributed by atoms with Crippen LogP contribution >= 0.6 is 0 Å². The second kappa shape index (κ2) is 6.33. The van der Waals surface area contributed by atoms with Crippen LogP contribution in [0.5, 0.6) is 0 Å². The number of rotatable bonds is 3. The van der Waals surface area contributed by atoms with Crippen molar-refractivity contribution in [2.24, 2.45) is 11.8 Å². The molecule has 116 valence electrons. The van der Waals surface area contributed by atoms with Crippen LogP contribution in [0.3, 0.4) is 0 Å². The predicted molar refractivity (Wildman–Crippen MR) is 82.9 cm³/mol. The molecule has 1 atom stereocenters. The normalized spacial score (nSPS) is 38.1. The summed E-state index contributed by atoms with van der Waals surface area (Å²) in [6.45, 7) is 12.9. The fourth-order valence-electron chi connectivity index (χ4n) is 4.41. The first kappa shape index (κ1) is 14.8. The maximum atomic E-state index is 5.35. The minimum atomic E-state index is 0.719. The molecule has 0 radical (unpaired) electrons. The van der Waals surface area contributed by atoms with E-state index in [1.807, 2.05) is 0 Å². The standard InChI is InChI=1S/C17H32N2O/c1-13(2)15-4-6-16(7-5-15)19-9-8-18(10-14(19)3)17-11-20-12-17/h13-17H,4-12H2,1-3H3/t14-,15?,16?/m1/s1. The Balaban J connectivity index is 1.49. The monoisotopic (exact) mass is 280 g/mol. The first-order chi connectivity index (χ1) is 9.65. The minimum Gasteiger partial charge on any atom is -0.378 e. The Morgan fingerprint density at radius 3 is 2.15 bits per heavy atom. The molecule has 3 nitrogen and oxygen atoms in total. The van der Waals surface area contributed by atoms with Gasteiger partial charge < -0.3 is 4.74 Å². The largest absolute Gasteiger partial charge is 0.378 e. The third kappa shape index (κ3) is 3.05. The van der Waals surface area contributed by atoms with E-state index in [1.165, 1.54) is 45.3 Å². The van der Waals surface area contributed by atoms with Crippen LogP contribution in [-0.2, 0) is 4.74 Å². The first-order valence-corrected chi connectivity index (χ1v) is 8.72. The average Bonchev–Trinajstić information content (AvgIpc) is 2.37. The van der Waals surface area contributed by atoms with E-state index in [2.05, 4.69) is 30.6 Å². The van der Waals surface area contributed by atoms with Crippen molar-refractivity contribution < 1.29 is 4.74 Å². The molecule has 2 saturated heterocycles. The molecular formula is C17H32N2O. The zero-order valence-electron chi connectivity index (χ0n) is 13.6. The number of hydrogen-bond acceptors (Lipinski definition) is 3. The van der Waals surface area contributed by atoms with Crippen LogP contribution in [0.4, 0.5) is 0 Å². The third-order valence-electron chi connectivity index (χ3n) is 6.00. The van der Waals surface area contributed by atoms with Crippen molar-refractivity contribution in [1.82, 2.24) is 9.80 Å². The molecular weight excluding hydrogens is 248 g/mol. The SMILES string of the molecule is CC(C)C1CCC(N2CCN(C3COC3)C[C@H]2C)CC1. The van der Waals surface area contributed by atoms with Gasteiger partial charge in [0.1, 0.15) is 0 Å². The van der Waals surface area contributed by atoms with Gasteiger partial charge in [0.15, 0.2) is 0 Å². The molecule has 0 N–H and O–H groups in total. The summed E-state index contributed by atoms with van der Waals surface area (Å²) in [6.07, 6.45) is 5.76. The molecule has 3 aliphatic rings. The Kier molecular flexibility index (Phi) is 4.68. The summed E-state index contributed by atoms with van der Waals surface area (Å²) in [4.78, 5) is 5.47. The maximum absolute atomic E-state index is 5.35. The lowest BCUT2D eigenvalue weighted by atomic mass is 9.79. The van der Waals surface area contributed by atoms with E-state index in [4.69, 9.17) is 4.74 Å². The van der Waals surface area contributed by atoms with Crippen molar-refractivity contribution in [1.29, 1.82) is 0 Å². The number of nitrogens with zero attached hydrogens (tertiary/aromatic N) is 2. The topological polar surface area (TPSA) is 15.7 Å². The van der Waals surface area contributed by atoms with Crippen LogP contribution in [0.2, 0.25) is 0 Å². The molecule has 0 bridgehead atoms. The van der Waals surface area contributed by atoms with Crippen molar-refractivity contribution in [3.8, 4) is 0 Å². The van der Waals surface area contributed by atoms with Crippen molar-refractivity contribution in [2.75, 3.05) is 32.8 Å². The maximum Gasteiger partial charge on any atom is 0.0645 e. The fraction of sp³-hybridized carbons (Fsp3) is 1.00. The quantitative estimate of drug-likeness (QED) is 0.790. The molecule has 0 aromatic rings. The van der Waals surface area contributed by atoms with Gasteiger partial charge in [-0.3, -0.25) is 9.80 Å². The van der Waals surface area contributed by atoms with Crippen LogP contribution in [0.25, 0.3) is 0 Å². The highest BCUT2D eigenvalue weighted by atomic mass is 16.5. The lowest BCUT2D eigenvalue weighted by Crippen LogP contribution is -2.61. The zero-order valence-corrected chi connectivity index (χ0v) is 13.6. The van der Waals surface area contributed by atoms with E-state index in [-0.39, 0.29) is 0 Å². The first-order valence-electron chi connectivity index (χ1n) is 8.72. The highest BCUT2D eigenvalue weighted by molar-refractivity contribution is 4.90. The number of hydrogen-bond donors (Lipinski definition) is 0. The highest BCUT2D eigenvalue weighted by Gasteiger charge is 2.36. The lowest BCUT2D eigenvalue weighted by molar-refractivity contribution is -0.0911. The van der Waals surface area contributed by atoms with Crippen LogP contribution in [0.15, 0.2) is 0 Å². The van der Waals surface area contributed by atoms with Gasteiger partial charge >= 0.3 is 0 Å². The van der Waals surface area contributed by atoms with Crippen LogP contribution in [-0.4, -0.2) is 60.8 Å². The summed E-state index contributed by atoms with van der Waals surface area (Å²) in [5.74, 6) is 1.86. The molecule has 0 aromatic heterocycles. The van der Waals surface area contributed by atoms with Crippen molar-refractivity contribution in [3.05, 3.63) is 0 Å². The van der Waals surface area contributed by atoms with Gasteiger partial charge in [0, 0.05) is 31.7 Å². The van der Waals surface area contributed by atoms with E-state index < -0.39 is 0 Å². The summed E-state index contributed by atoms with van der Waals surface area (Å²) in [7, 11) is 0. The van der Waals surface area contributed by atoms with Crippen molar-refractivity contribution >= 4 is 0 Å². The molecule has 0 unspecified atom stereocenters. The van der Waals surface area contributed by atoms with Gasteiger partial charge in [0.05, 0.1) is 19.3 Å². The molecule has 0 aromatic carbocycles. The van der Waals surface area contributed by atoms with Crippen LogP contribution in [0.1, 0.15) is 46.5 Å². The fourth-order valence-corrected chi connectivity index (χ4v) is 4.41.